The van der Waals surface area contributed by atoms with E-state index in [4.69, 9.17) is 4.79 Å². The number of carbonyl (C=O) groups excluding carboxylic acids is 1. The minimum absolute atomic E-state index is 0.833. The van der Waals surface area contributed by atoms with E-state index in [-0.39, 0.29) is 0 Å². The second-order valence-electron chi connectivity index (χ2n) is 2.74. The number of primary amides is 2. The third-order valence-electron chi connectivity index (χ3n) is 1.60. The topological polar surface area (TPSA) is 84.4 Å². The first kappa shape index (κ1) is 11.9. The van der Waals surface area contributed by atoms with Gasteiger partial charge in [0.1, 0.15) is 0 Å². The fourth-order valence-corrected chi connectivity index (χ4v) is 1.08. The number of urea groups is 1. The van der Waals surface area contributed by atoms with Gasteiger partial charge in [0.25, 0.3) is 0 Å². The van der Waals surface area contributed by atoms with Gasteiger partial charge in [0.2, 0.25) is 0 Å². The second kappa shape index (κ2) is 7.57. The monoisotopic (exact) mass is 186 g/mol. The van der Waals surface area contributed by atoms with Crippen LogP contribution in [-0.2, 0) is 0 Å². The van der Waals surface area contributed by atoms with Crippen LogP contribution in [0.2, 0.25) is 0 Å². The van der Waals surface area contributed by atoms with E-state index < -0.39 is 6.03 Å². The first-order valence-corrected chi connectivity index (χ1v) is 4.25. The van der Waals surface area contributed by atoms with Crippen molar-refractivity contribution in [1.29, 1.82) is 0 Å². The molecule has 1 aliphatic heterocycles. The molecule has 0 spiro atoms. The predicted octanol–water partition coefficient (Wildman–Crippen LogP) is -0.899. The van der Waals surface area contributed by atoms with Crippen LogP contribution in [0.25, 0.3) is 0 Å². The molecule has 0 bridgehead atoms. The highest BCUT2D eigenvalue weighted by Crippen LogP contribution is 1.89. The number of hydrogen-bond donors (Lipinski definition) is 3. The molecule has 1 rings (SSSR count). The van der Waals surface area contributed by atoms with Crippen LogP contribution in [0.5, 0.6) is 0 Å². The minimum atomic E-state index is -0.833. The van der Waals surface area contributed by atoms with E-state index in [0.717, 1.165) is 19.6 Å². The van der Waals surface area contributed by atoms with Crippen LogP contribution in [0, 0.1) is 0 Å². The summed E-state index contributed by atoms with van der Waals surface area (Å²) < 4.78 is 0. The summed E-state index contributed by atoms with van der Waals surface area (Å²) in [5.41, 5.74) is 8.50. The normalized spacial score (nSPS) is 16.9. The van der Waals surface area contributed by atoms with Gasteiger partial charge < -0.3 is 16.8 Å². The average Bonchev–Trinajstić information content (AvgIpc) is 2.06. The molecular weight excluding hydrogens is 168 g/mol. The van der Waals surface area contributed by atoms with E-state index in [2.05, 4.69) is 28.3 Å². The predicted molar refractivity (Wildman–Crippen MR) is 53.3 cm³/mol. The van der Waals surface area contributed by atoms with Gasteiger partial charge in [-0.05, 0) is 0 Å². The van der Waals surface area contributed by atoms with Gasteiger partial charge in [-0.3, -0.25) is 4.90 Å². The molecule has 76 valence electrons. The summed E-state index contributed by atoms with van der Waals surface area (Å²) in [4.78, 5) is 11.4. The smallest absolute Gasteiger partial charge is 0.309 e. The van der Waals surface area contributed by atoms with Gasteiger partial charge >= 0.3 is 6.03 Å². The molecule has 5 N–H and O–H groups in total. The first-order chi connectivity index (χ1) is 6.16. The Morgan fingerprint density at radius 2 is 1.92 bits per heavy atom. The fourth-order valence-electron chi connectivity index (χ4n) is 1.08. The number of carbonyl (C=O) groups is 1. The Bertz CT molecular complexity index is 150. The van der Waals surface area contributed by atoms with Crippen molar-refractivity contribution < 1.29 is 4.79 Å². The summed E-state index contributed by atoms with van der Waals surface area (Å²) in [7, 11) is 0. The SMILES string of the molecule is C=CCN1CCNCC1.NC(N)=O. The van der Waals surface area contributed by atoms with Crippen LogP contribution in [0.3, 0.4) is 0 Å². The molecule has 0 radical (unpaired) electrons. The molecule has 13 heavy (non-hydrogen) atoms. The second-order valence-corrected chi connectivity index (χ2v) is 2.74. The summed E-state index contributed by atoms with van der Waals surface area (Å²) in [5.74, 6) is 0. The van der Waals surface area contributed by atoms with Crippen LogP contribution in [0.4, 0.5) is 4.79 Å². The van der Waals surface area contributed by atoms with Crippen molar-refractivity contribution in [2.75, 3.05) is 32.7 Å². The molecule has 5 nitrogen and oxygen atoms in total. The lowest BCUT2D eigenvalue weighted by molar-refractivity contribution is 0.256. The molecule has 1 fully saturated rings. The molecule has 0 aromatic rings. The van der Waals surface area contributed by atoms with Gasteiger partial charge in [0, 0.05) is 32.7 Å². The molecule has 5 heteroatoms. The number of nitrogens with one attached hydrogen (secondary N) is 1. The quantitative estimate of drug-likeness (QED) is 0.489. The highest BCUT2D eigenvalue weighted by molar-refractivity contribution is 5.69. The molecular formula is C8H18N4O. The first-order valence-electron chi connectivity index (χ1n) is 4.25. The van der Waals surface area contributed by atoms with Gasteiger partial charge in [0.05, 0.1) is 0 Å². The van der Waals surface area contributed by atoms with Crippen molar-refractivity contribution in [1.82, 2.24) is 10.2 Å². The summed E-state index contributed by atoms with van der Waals surface area (Å²) in [5, 5.41) is 3.30. The summed E-state index contributed by atoms with van der Waals surface area (Å²) >= 11 is 0. The highest BCUT2D eigenvalue weighted by Gasteiger charge is 2.05. The van der Waals surface area contributed by atoms with Crippen molar-refractivity contribution in [3.8, 4) is 0 Å². The van der Waals surface area contributed by atoms with Crippen LogP contribution in [-0.4, -0.2) is 43.7 Å². The van der Waals surface area contributed by atoms with Crippen molar-refractivity contribution in [3.05, 3.63) is 12.7 Å². The Morgan fingerprint density at radius 3 is 2.31 bits per heavy atom. The van der Waals surface area contributed by atoms with Gasteiger partial charge in [-0.1, -0.05) is 6.08 Å². The Labute approximate surface area is 78.8 Å². The van der Waals surface area contributed by atoms with Crippen molar-refractivity contribution in [2.24, 2.45) is 11.5 Å². The third-order valence-corrected chi connectivity index (χ3v) is 1.60. The van der Waals surface area contributed by atoms with Gasteiger partial charge in [0.15, 0.2) is 0 Å². The summed E-state index contributed by atoms with van der Waals surface area (Å²) in [6, 6.07) is -0.833. The number of nitrogens with zero attached hydrogens (tertiary/aromatic N) is 1. The maximum Gasteiger partial charge on any atom is 0.309 e. The average molecular weight is 186 g/mol. The maximum atomic E-state index is 9.00. The van der Waals surface area contributed by atoms with Crippen molar-refractivity contribution >= 4 is 6.03 Å². The van der Waals surface area contributed by atoms with Gasteiger partial charge in [-0.15, -0.1) is 6.58 Å². The van der Waals surface area contributed by atoms with Crippen molar-refractivity contribution in [3.63, 3.8) is 0 Å². The lowest BCUT2D eigenvalue weighted by Gasteiger charge is -2.25. The standard InChI is InChI=1S/C7H14N2.CH4N2O/c1-2-5-9-6-3-8-4-7-9;2-1(3)4/h2,8H,1,3-7H2;(H4,2,3,4). The Morgan fingerprint density at radius 1 is 1.46 bits per heavy atom. The maximum absolute atomic E-state index is 9.00. The van der Waals surface area contributed by atoms with Gasteiger partial charge in [-0.2, -0.15) is 0 Å². The molecule has 0 aromatic carbocycles. The Hall–Kier alpha value is -1.07. The van der Waals surface area contributed by atoms with E-state index in [1.54, 1.807) is 0 Å². The van der Waals surface area contributed by atoms with Crippen LogP contribution < -0.4 is 16.8 Å². The third kappa shape index (κ3) is 8.84. The minimum Gasteiger partial charge on any atom is -0.352 e. The molecule has 2 amide bonds. The number of nitrogens with two attached hydrogens (primary N) is 2. The lowest BCUT2D eigenvalue weighted by Crippen LogP contribution is -2.43. The zero-order valence-electron chi connectivity index (χ0n) is 7.83. The molecule has 0 atom stereocenters. The van der Waals surface area contributed by atoms with E-state index in [1.165, 1.54) is 13.1 Å². The molecule has 1 aliphatic rings. The molecule has 0 aliphatic carbocycles. The lowest BCUT2D eigenvalue weighted by atomic mass is 10.3. The number of amides is 2. The van der Waals surface area contributed by atoms with Crippen LogP contribution in [0.1, 0.15) is 0 Å². The van der Waals surface area contributed by atoms with Crippen LogP contribution in [0.15, 0.2) is 12.7 Å². The Kier molecular flexibility index (Phi) is 6.95. The molecule has 1 heterocycles. The molecule has 0 unspecified atom stereocenters. The van der Waals surface area contributed by atoms with E-state index >= 15 is 0 Å². The number of piperazine rings is 1. The molecule has 0 saturated carbocycles. The number of hydrogen-bond acceptors (Lipinski definition) is 3. The molecule has 1 saturated heterocycles. The van der Waals surface area contributed by atoms with Gasteiger partial charge in [-0.25, -0.2) is 4.79 Å². The summed E-state index contributed by atoms with van der Waals surface area (Å²) in [6.07, 6.45) is 1.96. The number of rotatable bonds is 2. The zero-order valence-corrected chi connectivity index (χ0v) is 7.83. The largest absolute Gasteiger partial charge is 0.352 e. The zero-order chi connectivity index (χ0) is 10.1. The molecule has 0 aromatic heterocycles. The van der Waals surface area contributed by atoms with Crippen LogP contribution >= 0.6 is 0 Å². The Balaban J connectivity index is 0.000000310. The fraction of sp³-hybridized carbons (Fsp3) is 0.625. The van der Waals surface area contributed by atoms with E-state index in [9.17, 15) is 0 Å². The highest BCUT2D eigenvalue weighted by atomic mass is 16.2. The van der Waals surface area contributed by atoms with E-state index in [0.29, 0.717) is 0 Å². The van der Waals surface area contributed by atoms with Crippen molar-refractivity contribution in [2.45, 2.75) is 0 Å². The summed E-state index contributed by atoms with van der Waals surface area (Å²) in [6.45, 7) is 9.35. The van der Waals surface area contributed by atoms with E-state index in [1.807, 2.05) is 6.08 Å².